The molecular weight excluding hydrogens is 138 g/mol. The standard InChI is InChI=1S/C9H17NO/c10-6-8-2-1-5-11-9(8)7-3-4-7/h7-9H,1-6,10H2. The van der Waals surface area contributed by atoms with Crippen LogP contribution in [0.5, 0.6) is 0 Å². The molecular formula is C9H17NO. The molecule has 0 aromatic heterocycles. The zero-order chi connectivity index (χ0) is 7.68. The predicted octanol–water partition coefficient (Wildman–Crippen LogP) is 1.15. The van der Waals surface area contributed by atoms with Crippen molar-refractivity contribution < 1.29 is 4.74 Å². The Labute approximate surface area is 68.1 Å². The zero-order valence-corrected chi connectivity index (χ0v) is 6.96. The average Bonchev–Trinajstić information content (AvgIpc) is 2.87. The third-order valence-electron chi connectivity index (χ3n) is 2.88. The Morgan fingerprint density at radius 2 is 2.09 bits per heavy atom. The molecule has 2 unspecified atom stereocenters. The van der Waals surface area contributed by atoms with Gasteiger partial charge in [-0.05, 0) is 44.1 Å². The molecule has 1 heterocycles. The summed E-state index contributed by atoms with van der Waals surface area (Å²) in [5, 5.41) is 0. The minimum Gasteiger partial charge on any atom is -0.378 e. The molecule has 1 aliphatic carbocycles. The molecule has 2 heteroatoms. The lowest BCUT2D eigenvalue weighted by Crippen LogP contribution is -2.36. The Kier molecular flexibility index (Phi) is 2.14. The molecule has 0 bridgehead atoms. The SMILES string of the molecule is NCC1CCCOC1C1CC1. The number of ether oxygens (including phenoxy) is 1. The minimum absolute atomic E-state index is 0.522. The largest absolute Gasteiger partial charge is 0.378 e. The smallest absolute Gasteiger partial charge is 0.0643 e. The van der Waals surface area contributed by atoms with Crippen molar-refractivity contribution in [3.05, 3.63) is 0 Å². The van der Waals surface area contributed by atoms with Crippen LogP contribution in [0.3, 0.4) is 0 Å². The maximum absolute atomic E-state index is 5.73. The van der Waals surface area contributed by atoms with Crippen LogP contribution in [0.15, 0.2) is 0 Å². The zero-order valence-electron chi connectivity index (χ0n) is 6.96. The van der Waals surface area contributed by atoms with Crippen LogP contribution in [0.4, 0.5) is 0 Å². The van der Waals surface area contributed by atoms with Gasteiger partial charge in [0.15, 0.2) is 0 Å². The van der Waals surface area contributed by atoms with Gasteiger partial charge in [0, 0.05) is 6.61 Å². The van der Waals surface area contributed by atoms with E-state index < -0.39 is 0 Å². The van der Waals surface area contributed by atoms with Crippen molar-refractivity contribution in [1.82, 2.24) is 0 Å². The second-order valence-electron chi connectivity index (χ2n) is 3.81. The molecule has 0 aromatic rings. The number of hydrogen-bond donors (Lipinski definition) is 1. The Bertz CT molecular complexity index is 134. The van der Waals surface area contributed by atoms with E-state index in [-0.39, 0.29) is 0 Å². The Morgan fingerprint density at radius 1 is 1.27 bits per heavy atom. The fourth-order valence-corrected chi connectivity index (χ4v) is 2.06. The van der Waals surface area contributed by atoms with Gasteiger partial charge in [0.05, 0.1) is 6.10 Å². The predicted molar refractivity (Wildman–Crippen MR) is 44.2 cm³/mol. The van der Waals surface area contributed by atoms with Gasteiger partial charge in [0.25, 0.3) is 0 Å². The molecule has 1 saturated heterocycles. The first-order valence-corrected chi connectivity index (χ1v) is 4.73. The third-order valence-corrected chi connectivity index (χ3v) is 2.88. The minimum atomic E-state index is 0.522. The van der Waals surface area contributed by atoms with E-state index >= 15 is 0 Å². The van der Waals surface area contributed by atoms with Gasteiger partial charge in [-0.3, -0.25) is 0 Å². The monoisotopic (exact) mass is 155 g/mol. The van der Waals surface area contributed by atoms with Gasteiger partial charge in [0.1, 0.15) is 0 Å². The molecule has 11 heavy (non-hydrogen) atoms. The molecule has 0 amide bonds. The number of nitrogens with two attached hydrogens (primary N) is 1. The van der Waals surface area contributed by atoms with E-state index in [1.165, 1.54) is 25.7 Å². The van der Waals surface area contributed by atoms with E-state index in [0.717, 1.165) is 19.1 Å². The van der Waals surface area contributed by atoms with Gasteiger partial charge in [-0.15, -0.1) is 0 Å². The third kappa shape index (κ3) is 1.57. The molecule has 2 atom stereocenters. The van der Waals surface area contributed by atoms with Crippen molar-refractivity contribution >= 4 is 0 Å². The normalized spacial score (nSPS) is 39.0. The summed E-state index contributed by atoms with van der Waals surface area (Å²) in [5.41, 5.74) is 5.68. The van der Waals surface area contributed by atoms with Crippen molar-refractivity contribution in [2.24, 2.45) is 17.6 Å². The summed E-state index contributed by atoms with van der Waals surface area (Å²) in [6.07, 6.45) is 5.78. The van der Waals surface area contributed by atoms with Gasteiger partial charge < -0.3 is 10.5 Å². The summed E-state index contributed by atoms with van der Waals surface area (Å²) in [4.78, 5) is 0. The first-order chi connectivity index (χ1) is 5.42. The van der Waals surface area contributed by atoms with Crippen LogP contribution < -0.4 is 5.73 Å². The van der Waals surface area contributed by atoms with E-state index in [1.807, 2.05) is 0 Å². The van der Waals surface area contributed by atoms with Crippen molar-refractivity contribution in [3.8, 4) is 0 Å². The van der Waals surface area contributed by atoms with E-state index in [1.54, 1.807) is 0 Å². The lowest BCUT2D eigenvalue weighted by molar-refractivity contribution is -0.0360. The summed E-state index contributed by atoms with van der Waals surface area (Å²) in [6.45, 7) is 1.79. The first-order valence-electron chi connectivity index (χ1n) is 4.73. The number of hydrogen-bond acceptors (Lipinski definition) is 2. The lowest BCUT2D eigenvalue weighted by atomic mass is 9.91. The summed E-state index contributed by atoms with van der Waals surface area (Å²) < 4.78 is 5.73. The van der Waals surface area contributed by atoms with E-state index in [4.69, 9.17) is 10.5 Å². The maximum Gasteiger partial charge on any atom is 0.0643 e. The van der Waals surface area contributed by atoms with Crippen LogP contribution in [-0.4, -0.2) is 19.3 Å². The highest BCUT2D eigenvalue weighted by Crippen LogP contribution is 2.40. The van der Waals surface area contributed by atoms with E-state index in [0.29, 0.717) is 12.0 Å². The van der Waals surface area contributed by atoms with Crippen molar-refractivity contribution in [3.63, 3.8) is 0 Å². The second-order valence-corrected chi connectivity index (χ2v) is 3.81. The fraction of sp³-hybridized carbons (Fsp3) is 1.00. The first kappa shape index (κ1) is 7.56. The summed E-state index contributed by atoms with van der Waals surface area (Å²) in [6, 6.07) is 0. The highest BCUT2D eigenvalue weighted by atomic mass is 16.5. The molecule has 0 radical (unpaired) electrons. The van der Waals surface area contributed by atoms with Gasteiger partial charge in [0.2, 0.25) is 0 Å². The topological polar surface area (TPSA) is 35.2 Å². The van der Waals surface area contributed by atoms with Crippen LogP contribution in [0.2, 0.25) is 0 Å². The van der Waals surface area contributed by atoms with Crippen LogP contribution >= 0.6 is 0 Å². The summed E-state index contributed by atoms with van der Waals surface area (Å²) >= 11 is 0. The van der Waals surface area contributed by atoms with E-state index in [9.17, 15) is 0 Å². The molecule has 2 N–H and O–H groups in total. The summed E-state index contributed by atoms with van der Waals surface area (Å²) in [7, 11) is 0. The van der Waals surface area contributed by atoms with E-state index in [2.05, 4.69) is 0 Å². The molecule has 1 saturated carbocycles. The number of rotatable bonds is 2. The summed E-state index contributed by atoms with van der Waals surface area (Å²) in [5.74, 6) is 1.53. The Balaban J connectivity index is 1.91. The van der Waals surface area contributed by atoms with Crippen molar-refractivity contribution in [2.45, 2.75) is 31.8 Å². The highest BCUT2D eigenvalue weighted by Gasteiger charge is 2.38. The average molecular weight is 155 g/mol. The Hall–Kier alpha value is -0.0800. The van der Waals surface area contributed by atoms with Crippen molar-refractivity contribution in [2.75, 3.05) is 13.2 Å². The van der Waals surface area contributed by atoms with Crippen molar-refractivity contribution in [1.29, 1.82) is 0 Å². The fourth-order valence-electron chi connectivity index (χ4n) is 2.06. The van der Waals surface area contributed by atoms with Gasteiger partial charge in [-0.25, -0.2) is 0 Å². The lowest BCUT2D eigenvalue weighted by Gasteiger charge is -2.30. The Morgan fingerprint density at radius 3 is 2.73 bits per heavy atom. The molecule has 64 valence electrons. The molecule has 0 aromatic carbocycles. The van der Waals surface area contributed by atoms with Gasteiger partial charge >= 0.3 is 0 Å². The quantitative estimate of drug-likeness (QED) is 0.649. The van der Waals surface area contributed by atoms with Gasteiger partial charge in [-0.2, -0.15) is 0 Å². The van der Waals surface area contributed by atoms with Crippen LogP contribution in [0.1, 0.15) is 25.7 Å². The molecule has 1 aliphatic heterocycles. The van der Waals surface area contributed by atoms with Crippen LogP contribution in [0.25, 0.3) is 0 Å². The van der Waals surface area contributed by atoms with Crippen LogP contribution in [-0.2, 0) is 4.74 Å². The van der Waals surface area contributed by atoms with Gasteiger partial charge in [-0.1, -0.05) is 0 Å². The maximum atomic E-state index is 5.73. The highest BCUT2D eigenvalue weighted by molar-refractivity contribution is 4.88. The second kappa shape index (κ2) is 3.11. The van der Waals surface area contributed by atoms with Crippen LogP contribution in [0, 0.1) is 11.8 Å². The molecule has 2 aliphatic rings. The molecule has 2 rings (SSSR count). The molecule has 2 nitrogen and oxygen atoms in total. The molecule has 2 fully saturated rings. The molecule has 0 spiro atoms.